The Kier molecular flexibility index (Phi) is 3.97. The third-order valence-electron chi connectivity index (χ3n) is 3.46. The average molecular weight is 288 g/mol. The largest absolute Gasteiger partial charge is 0.348 e. The molecule has 22 heavy (non-hydrogen) atoms. The molecule has 3 rings (SSSR count). The Morgan fingerprint density at radius 2 is 1.55 bits per heavy atom. The van der Waals surface area contributed by atoms with Gasteiger partial charge in [-0.15, -0.1) is 6.58 Å². The number of allylic oxidation sites excluding steroid dienone is 1. The van der Waals surface area contributed by atoms with Crippen LogP contribution < -0.4 is 5.69 Å². The number of nitrogens with zero attached hydrogens (tertiary/aromatic N) is 2. The van der Waals surface area contributed by atoms with Crippen molar-refractivity contribution in [1.29, 1.82) is 0 Å². The van der Waals surface area contributed by atoms with Gasteiger partial charge in [-0.25, -0.2) is 4.79 Å². The van der Waals surface area contributed by atoms with Crippen molar-refractivity contribution in [2.45, 2.75) is 6.54 Å². The first-order valence-corrected chi connectivity index (χ1v) is 7.13. The molecule has 0 saturated heterocycles. The van der Waals surface area contributed by atoms with E-state index in [0.29, 0.717) is 12.2 Å². The standard InChI is InChI=1S/C19H16N2O/c1-2-13-21-18(16-11-7-4-8-12-16)14-17(20-19(21)22)15-9-5-3-6-10-15/h2-12,14H,1,13H2. The zero-order valence-corrected chi connectivity index (χ0v) is 12.1. The number of hydrogen-bond acceptors (Lipinski definition) is 2. The van der Waals surface area contributed by atoms with Crippen LogP contribution in [0.25, 0.3) is 22.5 Å². The van der Waals surface area contributed by atoms with Gasteiger partial charge in [0, 0.05) is 12.1 Å². The van der Waals surface area contributed by atoms with Crippen LogP contribution in [0, 0.1) is 0 Å². The van der Waals surface area contributed by atoms with E-state index in [1.807, 2.05) is 66.7 Å². The predicted molar refractivity (Wildman–Crippen MR) is 89.6 cm³/mol. The van der Waals surface area contributed by atoms with Crippen LogP contribution >= 0.6 is 0 Å². The molecule has 2 aromatic carbocycles. The molecule has 0 unspecified atom stereocenters. The molecule has 0 bridgehead atoms. The molecular formula is C19H16N2O. The predicted octanol–water partition coefficient (Wildman–Crippen LogP) is 3.76. The van der Waals surface area contributed by atoms with Gasteiger partial charge < -0.3 is 0 Å². The van der Waals surface area contributed by atoms with Crippen molar-refractivity contribution >= 4 is 0 Å². The molecule has 108 valence electrons. The number of benzene rings is 2. The Balaban J connectivity index is 2.23. The van der Waals surface area contributed by atoms with E-state index in [1.165, 1.54) is 0 Å². The molecule has 1 aromatic heterocycles. The lowest BCUT2D eigenvalue weighted by Crippen LogP contribution is -2.24. The first-order valence-electron chi connectivity index (χ1n) is 7.13. The lowest BCUT2D eigenvalue weighted by molar-refractivity contribution is 0.755. The van der Waals surface area contributed by atoms with Crippen molar-refractivity contribution < 1.29 is 0 Å². The highest BCUT2D eigenvalue weighted by molar-refractivity contribution is 5.67. The molecule has 0 aliphatic rings. The molecule has 3 aromatic rings. The summed E-state index contributed by atoms with van der Waals surface area (Å²) in [5.41, 5.74) is 3.19. The van der Waals surface area contributed by atoms with Gasteiger partial charge in [-0.1, -0.05) is 66.7 Å². The summed E-state index contributed by atoms with van der Waals surface area (Å²) in [6.07, 6.45) is 1.71. The van der Waals surface area contributed by atoms with Crippen LogP contribution in [0.1, 0.15) is 0 Å². The Hall–Kier alpha value is -2.94. The number of hydrogen-bond donors (Lipinski definition) is 0. The van der Waals surface area contributed by atoms with Crippen molar-refractivity contribution in [3.63, 3.8) is 0 Å². The Morgan fingerprint density at radius 3 is 2.14 bits per heavy atom. The summed E-state index contributed by atoms with van der Waals surface area (Å²) in [6, 6.07) is 21.5. The SMILES string of the molecule is C=CCn1c(-c2ccccc2)cc(-c2ccccc2)nc1=O. The first-order chi connectivity index (χ1) is 10.8. The topological polar surface area (TPSA) is 34.9 Å². The summed E-state index contributed by atoms with van der Waals surface area (Å²) in [6.45, 7) is 4.16. The maximum atomic E-state index is 12.4. The van der Waals surface area contributed by atoms with Gasteiger partial charge in [0.05, 0.1) is 11.4 Å². The monoisotopic (exact) mass is 288 g/mol. The normalized spacial score (nSPS) is 10.4. The van der Waals surface area contributed by atoms with E-state index in [1.54, 1.807) is 10.6 Å². The summed E-state index contributed by atoms with van der Waals surface area (Å²) in [4.78, 5) is 16.6. The molecule has 1 heterocycles. The van der Waals surface area contributed by atoms with E-state index in [2.05, 4.69) is 11.6 Å². The van der Waals surface area contributed by atoms with Gasteiger partial charge in [0.1, 0.15) is 0 Å². The van der Waals surface area contributed by atoms with Crippen LogP contribution in [-0.2, 0) is 6.54 Å². The molecule has 0 fully saturated rings. The third-order valence-corrected chi connectivity index (χ3v) is 3.46. The van der Waals surface area contributed by atoms with Gasteiger partial charge in [0.25, 0.3) is 0 Å². The summed E-state index contributed by atoms with van der Waals surface area (Å²) in [5.74, 6) is 0. The minimum atomic E-state index is -0.264. The molecule has 0 saturated carbocycles. The van der Waals surface area contributed by atoms with Crippen LogP contribution in [0.3, 0.4) is 0 Å². The van der Waals surface area contributed by atoms with Crippen LogP contribution in [-0.4, -0.2) is 9.55 Å². The molecule has 0 aliphatic heterocycles. The van der Waals surface area contributed by atoms with Crippen LogP contribution in [0.2, 0.25) is 0 Å². The van der Waals surface area contributed by atoms with Gasteiger partial charge >= 0.3 is 5.69 Å². The summed E-state index contributed by atoms with van der Waals surface area (Å²) in [7, 11) is 0. The number of rotatable bonds is 4. The Labute approximate surface area is 129 Å². The summed E-state index contributed by atoms with van der Waals surface area (Å²) in [5, 5.41) is 0. The van der Waals surface area contributed by atoms with E-state index in [9.17, 15) is 4.79 Å². The average Bonchev–Trinajstić information content (AvgIpc) is 2.58. The second kappa shape index (κ2) is 6.22. The molecule has 0 atom stereocenters. The van der Waals surface area contributed by atoms with Crippen molar-refractivity contribution in [3.8, 4) is 22.5 Å². The molecule has 0 radical (unpaired) electrons. The Bertz CT molecular complexity index is 836. The minimum Gasteiger partial charge on any atom is -0.288 e. The summed E-state index contributed by atoms with van der Waals surface area (Å²) < 4.78 is 1.63. The minimum absolute atomic E-state index is 0.264. The fourth-order valence-corrected chi connectivity index (χ4v) is 2.42. The van der Waals surface area contributed by atoms with Gasteiger partial charge in [-0.2, -0.15) is 4.98 Å². The maximum Gasteiger partial charge on any atom is 0.348 e. The molecule has 3 nitrogen and oxygen atoms in total. The molecule has 3 heteroatoms. The maximum absolute atomic E-state index is 12.4. The van der Waals surface area contributed by atoms with E-state index in [4.69, 9.17) is 0 Å². The van der Waals surface area contributed by atoms with Gasteiger partial charge in [-0.05, 0) is 11.6 Å². The van der Waals surface area contributed by atoms with Crippen molar-refractivity contribution in [3.05, 3.63) is 89.9 Å². The van der Waals surface area contributed by atoms with Gasteiger partial charge in [-0.3, -0.25) is 4.57 Å². The fourth-order valence-electron chi connectivity index (χ4n) is 2.42. The van der Waals surface area contributed by atoms with Gasteiger partial charge in [0.2, 0.25) is 0 Å². The molecule has 0 amide bonds. The van der Waals surface area contributed by atoms with Crippen LogP contribution in [0.5, 0.6) is 0 Å². The molecule has 0 N–H and O–H groups in total. The lowest BCUT2D eigenvalue weighted by atomic mass is 10.1. The molecule has 0 aliphatic carbocycles. The highest BCUT2D eigenvalue weighted by Gasteiger charge is 2.10. The second-order valence-electron chi connectivity index (χ2n) is 4.94. The van der Waals surface area contributed by atoms with Crippen LogP contribution in [0.4, 0.5) is 0 Å². The van der Waals surface area contributed by atoms with E-state index >= 15 is 0 Å². The van der Waals surface area contributed by atoms with Crippen molar-refractivity contribution in [1.82, 2.24) is 9.55 Å². The van der Waals surface area contributed by atoms with E-state index in [0.717, 1.165) is 16.8 Å². The first kappa shape index (κ1) is 14.0. The molecular weight excluding hydrogens is 272 g/mol. The second-order valence-corrected chi connectivity index (χ2v) is 4.94. The van der Waals surface area contributed by atoms with Crippen molar-refractivity contribution in [2.75, 3.05) is 0 Å². The Morgan fingerprint density at radius 1 is 0.955 bits per heavy atom. The third kappa shape index (κ3) is 2.74. The van der Waals surface area contributed by atoms with Crippen LogP contribution in [0.15, 0.2) is 84.2 Å². The molecule has 0 spiro atoms. The smallest absolute Gasteiger partial charge is 0.288 e. The highest BCUT2D eigenvalue weighted by Crippen LogP contribution is 2.23. The van der Waals surface area contributed by atoms with Crippen molar-refractivity contribution in [2.24, 2.45) is 0 Å². The van der Waals surface area contributed by atoms with E-state index < -0.39 is 0 Å². The quantitative estimate of drug-likeness (QED) is 0.685. The van der Waals surface area contributed by atoms with E-state index in [-0.39, 0.29) is 5.69 Å². The number of aromatic nitrogens is 2. The highest BCUT2D eigenvalue weighted by atomic mass is 16.1. The zero-order valence-electron chi connectivity index (χ0n) is 12.1. The summed E-state index contributed by atoms with van der Waals surface area (Å²) >= 11 is 0. The fraction of sp³-hybridized carbons (Fsp3) is 0.0526. The van der Waals surface area contributed by atoms with Gasteiger partial charge in [0.15, 0.2) is 0 Å². The zero-order chi connectivity index (χ0) is 15.4. The lowest BCUT2D eigenvalue weighted by Gasteiger charge is -2.12.